The minimum atomic E-state index is -1.01. The summed E-state index contributed by atoms with van der Waals surface area (Å²) in [7, 11) is 0. The van der Waals surface area contributed by atoms with Crippen LogP contribution < -0.4 is 5.32 Å². The standard InChI is InChI=1S/C13H19NO3S/c1-9-10(6-11(17-9)12(15)16)7-14-8-13(18-2)4-3-5-13/h6,14H,3-5,7-8H2,1-2H3,(H,15,16). The summed E-state index contributed by atoms with van der Waals surface area (Å²) < 4.78 is 5.58. The van der Waals surface area contributed by atoms with Gasteiger partial charge in [-0.25, -0.2) is 4.79 Å². The largest absolute Gasteiger partial charge is 0.475 e. The Morgan fingerprint density at radius 3 is 2.78 bits per heavy atom. The minimum Gasteiger partial charge on any atom is -0.475 e. The molecule has 1 aliphatic rings. The molecule has 1 aromatic rings. The molecule has 0 saturated heterocycles. The lowest BCUT2D eigenvalue weighted by molar-refractivity contribution is 0.0661. The maximum Gasteiger partial charge on any atom is 0.371 e. The SMILES string of the molecule is CSC1(CNCc2cc(C(=O)O)oc2C)CCC1. The van der Waals surface area contributed by atoms with E-state index in [1.165, 1.54) is 19.3 Å². The van der Waals surface area contributed by atoms with Crippen LogP contribution in [-0.4, -0.2) is 28.6 Å². The predicted octanol–water partition coefficient (Wildman–Crippen LogP) is 2.66. The van der Waals surface area contributed by atoms with Crippen LogP contribution in [-0.2, 0) is 6.54 Å². The number of carbonyl (C=O) groups is 1. The van der Waals surface area contributed by atoms with E-state index in [2.05, 4.69) is 11.6 Å². The van der Waals surface area contributed by atoms with Crippen LogP contribution in [0.1, 0.15) is 41.1 Å². The zero-order valence-electron chi connectivity index (χ0n) is 10.8. The van der Waals surface area contributed by atoms with Crippen molar-refractivity contribution in [2.45, 2.75) is 37.5 Å². The molecular weight excluding hydrogens is 250 g/mol. The highest BCUT2D eigenvalue weighted by Crippen LogP contribution is 2.42. The molecule has 0 aromatic carbocycles. The molecule has 4 nitrogen and oxygen atoms in total. The van der Waals surface area contributed by atoms with Crippen molar-refractivity contribution in [2.24, 2.45) is 0 Å². The fourth-order valence-electron chi connectivity index (χ4n) is 2.25. The first-order chi connectivity index (χ1) is 8.56. The molecule has 1 aliphatic carbocycles. The Hall–Kier alpha value is -0.940. The van der Waals surface area contributed by atoms with Gasteiger partial charge < -0.3 is 14.8 Å². The number of hydrogen-bond acceptors (Lipinski definition) is 4. The van der Waals surface area contributed by atoms with E-state index < -0.39 is 5.97 Å². The van der Waals surface area contributed by atoms with Gasteiger partial charge in [-0.3, -0.25) is 0 Å². The molecule has 0 aliphatic heterocycles. The highest BCUT2D eigenvalue weighted by atomic mass is 32.2. The summed E-state index contributed by atoms with van der Waals surface area (Å²) in [6.07, 6.45) is 6.01. The quantitative estimate of drug-likeness (QED) is 0.831. The Morgan fingerprint density at radius 2 is 2.33 bits per heavy atom. The van der Waals surface area contributed by atoms with Crippen molar-refractivity contribution < 1.29 is 14.3 Å². The third kappa shape index (κ3) is 2.72. The highest BCUT2D eigenvalue weighted by Gasteiger charge is 2.35. The van der Waals surface area contributed by atoms with Gasteiger partial charge in [-0.05, 0) is 32.1 Å². The van der Waals surface area contributed by atoms with Crippen molar-refractivity contribution in [3.8, 4) is 0 Å². The number of nitrogens with one attached hydrogen (secondary N) is 1. The summed E-state index contributed by atoms with van der Waals surface area (Å²) in [6, 6.07) is 1.61. The fraction of sp³-hybridized carbons (Fsp3) is 0.615. The molecule has 0 unspecified atom stereocenters. The van der Waals surface area contributed by atoms with E-state index in [9.17, 15) is 4.79 Å². The predicted molar refractivity (Wildman–Crippen MR) is 72.2 cm³/mol. The molecule has 2 rings (SSSR count). The number of rotatable bonds is 6. The minimum absolute atomic E-state index is 0.0209. The van der Waals surface area contributed by atoms with Crippen molar-refractivity contribution in [3.05, 3.63) is 23.2 Å². The normalized spacial score (nSPS) is 17.4. The van der Waals surface area contributed by atoms with Gasteiger partial charge in [-0.15, -0.1) is 0 Å². The third-order valence-corrected chi connectivity index (χ3v) is 5.11. The molecule has 18 heavy (non-hydrogen) atoms. The molecular formula is C13H19NO3S. The number of aromatic carboxylic acids is 1. The van der Waals surface area contributed by atoms with Crippen molar-refractivity contribution in [2.75, 3.05) is 12.8 Å². The van der Waals surface area contributed by atoms with Crippen molar-refractivity contribution >= 4 is 17.7 Å². The number of carboxylic acid groups (broad SMARTS) is 1. The van der Waals surface area contributed by atoms with Gasteiger partial charge in [0, 0.05) is 23.4 Å². The van der Waals surface area contributed by atoms with E-state index in [0.717, 1.165) is 12.1 Å². The molecule has 100 valence electrons. The summed E-state index contributed by atoms with van der Waals surface area (Å²) in [6.45, 7) is 3.45. The van der Waals surface area contributed by atoms with Crippen molar-refractivity contribution in [1.82, 2.24) is 5.32 Å². The lowest BCUT2D eigenvalue weighted by atomic mass is 9.84. The highest BCUT2D eigenvalue weighted by molar-refractivity contribution is 8.00. The number of aryl methyl sites for hydroxylation is 1. The molecule has 0 radical (unpaired) electrons. The van der Waals surface area contributed by atoms with Gasteiger partial charge in [0.25, 0.3) is 0 Å². The smallest absolute Gasteiger partial charge is 0.371 e. The van der Waals surface area contributed by atoms with Gasteiger partial charge in [-0.1, -0.05) is 6.42 Å². The molecule has 0 spiro atoms. The molecule has 0 atom stereocenters. The monoisotopic (exact) mass is 269 g/mol. The molecule has 5 heteroatoms. The van der Waals surface area contributed by atoms with Crippen LogP contribution in [0.4, 0.5) is 0 Å². The molecule has 1 fully saturated rings. The van der Waals surface area contributed by atoms with E-state index >= 15 is 0 Å². The first-order valence-corrected chi connectivity index (χ1v) is 7.37. The van der Waals surface area contributed by atoms with Crippen LogP contribution in [0.15, 0.2) is 10.5 Å². The van der Waals surface area contributed by atoms with Crippen LogP contribution in [0, 0.1) is 6.92 Å². The van der Waals surface area contributed by atoms with Gasteiger partial charge in [0.15, 0.2) is 0 Å². The number of furan rings is 1. The average molecular weight is 269 g/mol. The fourth-order valence-corrected chi connectivity index (χ4v) is 3.19. The zero-order valence-corrected chi connectivity index (χ0v) is 11.6. The van der Waals surface area contributed by atoms with Crippen molar-refractivity contribution in [3.63, 3.8) is 0 Å². The summed E-state index contributed by atoms with van der Waals surface area (Å²) in [5, 5.41) is 12.3. The van der Waals surface area contributed by atoms with Crippen LogP contribution in [0.2, 0.25) is 0 Å². The lowest BCUT2D eigenvalue weighted by Gasteiger charge is -2.40. The Labute approximate surface area is 111 Å². The van der Waals surface area contributed by atoms with Crippen molar-refractivity contribution in [1.29, 1.82) is 0 Å². The summed E-state index contributed by atoms with van der Waals surface area (Å²) in [5.41, 5.74) is 0.933. The van der Waals surface area contributed by atoms with Crippen LogP contribution in [0.3, 0.4) is 0 Å². The number of hydrogen-bond donors (Lipinski definition) is 2. The number of carboxylic acids is 1. The van der Waals surface area contributed by atoms with Crippen LogP contribution in [0.25, 0.3) is 0 Å². The topological polar surface area (TPSA) is 62.5 Å². The maximum atomic E-state index is 10.8. The Kier molecular flexibility index (Phi) is 4.02. The van der Waals surface area contributed by atoms with E-state index in [1.807, 2.05) is 11.8 Å². The van der Waals surface area contributed by atoms with E-state index in [0.29, 0.717) is 17.1 Å². The van der Waals surface area contributed by atoms with Crippen LogP contribution in [0.5, 0.6) is 0 Å². The molecule has 1 aromatic heterocycles. The van der Waals surface area contributed by atoms with Gasteiger partial charge in [0.2, 0.25) is 5.76 Å². The van der Waals surface area contributed by atoms with Gasteiger partial charge in [0.1, 0.15) is 5.76 Å². The first-order valence-electron chi connectivity index (χ1n) is 6.15. The first kappa shape index (κ1) is 13.5. The number of thioether (sulfide) groups is 1. The van der Waals surface area contributed by atoms with Gasteiger partial charge >= 0.3 is 5.97 Å². The molecule has 0 amide bonds. The summed E-state index contributed by atoms with van der Waals surface area (Å²) in [5.74, 6) is -0.303. The molecule has 1 heterocycles. The van der Waals surface area contributed by atoms with E-state index in [4.69, 9.17) is 9.52 Å². The zero-order chi connectivity index (χ0) is 13.2. The van der Waals surface area contributed by atoms with Gasteiger partial charge in [-0.2, -0.15) is 11.8 Å². The lowest BCUT2D eigenvalue weighted by Crippen LogP contribution is -2.43. The Morgan fingerprint density at radius 1 is 1.61 bits per heavy atom. The Bertz CT molecular complexity index is 432. The summed E-state index contributed by atoms with van der Waals surface area (Å²) in [4.78, 5) is 10.8. The Balaban J connectivity index is 1.88. The average Bonchev–Trinajstić information content (AvgIpc) is 2.64. The molecule has 1 saturated carbocycles. The second-order valence-corrected chi connectivity index (χ2v) is 6.12. The maximum absolute atomic E-state index is 10.8. The molecule has 2 N–H and O–H groups in total. The summed E-state index contributed by atoms with van der Waals surface area (Å²) >= 11 is 1.93. The third-order valence-electron chi connectivity index (χ3n) is 3.69. The van der Waals surface area contributed by atoms with Crippen LogP contribution >= 0.6 is 11.8 Å². The molecule has 0 bridgehead atoms. The second kappa shape index (κ2) is 5.36. The van der Waals surface area contributed by atoms with Gasteiger partial charge in [0.05, 0.1) is 0 Å². The van der Waals surface area contributed by atoms with E-state index in [-0.39, 0.29) is 5.76 Å². The second-order valence-electron chi connectivity index (χ2n) is 4.84. The van der Waals surface area contributed by atoms with E-state index in [1.54, 1.807) is 13.0 Å².